The molecule has 1 saturated heterocycles. The molecule has 1 aliphatic rings. The zero-order valence-electron chi connectivity index (χ0n) is 23.3. The van der Waals surface area contributed by atoms with Gasteiger partial charge in [0.25, 0.3) is 16.5 Å². The van der Waals surface area contributed by atoms with Gasteiger partial charge in [-0.15, -0.1) is 0 Å². The summed E-state index contributed by atoms with van der Waals surface area (Å²) in [6.07, 6.45) is 3.75. The summed E-state index contributed by atoms with van der Waals surface area (Å²) in [5.41, 5.74) is 2.40. The molecule has 3 N–H and O–H groups in total. The Morgan fingerprint density at radius 2 is 1.58 bits per heavy atom. The summed E-state index contributed by atoms with van der Waals surface area (Å²) >= 11 is 0. The van der Waals surface area contributed by atoms with E-state index in [1.807, 2.05) is 24.3 Å². The molecule has 0 bridgehead atoms. The molecule has 3 aromatic carbocycles. The van der Waals surface area contributed by atoms with Crippen LogP contribution < -0.4 is 14.8 Å². The quantitative estimate of drug-likeness (QED) is 0.213. The minimum atomic E-state index is -4.45. The monoisotopic (exact) mass is 611 g/mol. The summed E-state index contributed by atoms with van der Waals surface area (Å²) < 4.78 is 61.1. The van der Waals surface area contributed by atoms with Gasteiger partial charge in [0, 0.05) is 23.0 Å². The summed E-state index contributed by atoms with van der Waals surface area (Å²) in [6.45, 7) is 2.68. The number of piperidine rings is 1. The highest BCUT2D eigenvalue weighted by molar-refractivity contribution is 7.92. The first-order chi connectivity index (χ1) is 20.7. The Balaban J connectivity index is 0.00000135. The fourth-order valence-corrected chi connectivity index (χ4v) is 5.66. The molecule has 1 aliphatic heterocycles. The lowest BCUT2D eigenvalue weighted by Crippen LogP contribution is -2.32. The Morgan fingerprint density at radius 3 is 2.21 bits per heavy atom. The number of nitrogens with one attached hydrogen (secondary N) is 2. The average Bonchev–Trinajstić information content (AvgIpc) is 2.98. The van der Waals surface area contributed by atoms with E-state index in [4.69, 9.17) is 14.6 Å². The SMILES string of the molecule is CN1CCC(COc2ccc(-c3cc(Nc4ccc(NS(=O)(=O)c5c(F)cccc5F)cc4)ncn3)cc2)CC1.O=CO. The first-order valence-corrected chi connectivity index (χ1v) is 14.8. The molecule has 0 spiro atoms. The molecule has 0 saturated carbocycles. The van der Waals surface area contributed by atoms with Gasteiger partial charge in [-0.1, -0.05) is 6.07 Å². The molecule has 0 aliphatic carbocycles. The third-order valence-electron chi connectivity index (χ3n) is 6.74. The van der Waals surface area contributed by atoms with E-state index < -0.39 is 26.6 Å². The lowest BCUT2D eigenvalue weighted by molar-refractivity contribution is -0.122. The topological polar surface area (TPSA) is 134 Å². The number of likely N-dealkylation sites (tertiary alicyclic amines) is 1. The molecule has 1 aromatic heterocycles. The fourth-order valence-electron chi connectivity index (χ4n) is 4.46. The summed E-state index contributed by atoms with van der Waals surface area (Å²) in [4.78, 5) is 18.3. The van der Waals surface area contributed by atoms with Crippen LogP contribution in [0.4, 0.5) is 26.0 Å². The van der Waals surface area contributed by atoms with Crippen LogP contribution in [0.2, 0.25) is 0 Å². The Morgan fingerprint density at radius 1 is 0.977 bits per heavy atom. The molecule has 4 aromatic rings. The number of sulfonamides is 1. The first-order valence-electron chi connectivity index (χ1n) is 13.3. The fraction of sp³-hybridized carbons (Fsp3) is 0.233. The van der Waals surface area contributed by atoms with Crippen molar-refractivity contribution in [3.8, 4) is 17.0 Å². The Bertz CT molecular complexity index is 1600. The summed E-state index contributed by atoms with van der Waals surface area (Å²) in [5, 5.41) is 10.0. The highest BCUT2D eigenvalue weighted by Gasteiger charge is 2.24. The van der Waals surface area contributed by atoms with Crippen molar-refractivity contribution in [2.45, 2.75) is 17.7 Å². The minimum Gasteiger partial charge on any atom is -0.493 e. The number of ether oxygens (including phenoxy) is 1. The molecule has 1 fully saturated rings. The molecular formula is C30H31F2N5O5S. The van der Waals surface area contributed by atoms with Gasteiger partial charge in [-0.3, -0.25) is 9.52 Å². The summed E-state index contributed by atoms with van der Waals surface area (Å²) in [5.74, 6) is -0.395. The lowest BCUT2D eigenvalue weighted by Gasteiger charge is -2.28. The standard InChI is InChI=1S/C29H29F2N5O3S.CH2O2/c1-36-15-13-20(14-16-36)18-39-24-11-5-21(6-12-24)27-17-28(33-19-32-27)34-22-7-9-23(10-8-22)35-40(37,38)29-25(30)3-2-4-26(29)31;2-1-3/h2-12,17,19-20,35H,13-16,18H2,1H3,(H,32,33,34);1H,(H,2,3). The Hall–Kier alpha value is -4.62. The number of benzene rings is 3. The zero-order valence-corrected chi connectivity index (χ0v) is 24.1. The van der Waals surface area contributed by atoms with Crippen LogP contribution in [0.3, 0.4) is 0 Å². The third-order valence-corrected chi connectivity index (χ3v) is 8.17. The van der Waals surface area contributed by atoms with Crippen molar-refractivity contribution < 1.29 is 31.8 Å². The van der Waals surface area contributed by atoms with Crippen LogP contribution in [0, 0.1) is 17.6 Å². The molecule has 0 radical (unpaired) electrons. The molecule has 0 unspecified atom stereocenters. The van der Waals surface area contributed by atoms with Gasteiger partial charge in [-0.25, -0.2) is 27.2 Å². The van der Waals surface area contributed by atoms with Crippen molar-refractivity contribution in [3.63, 3.8) is 0 Å². The van der Waals surface area contributed by atoms with Crippen molar-refractivity contribution >= 4 is 33.7 Å². The van der Waals surface area contributed by atoms with E-state index in [0.29, 0.717) is 17.4 Å². The molecule has 5 rings (SSSR count). The van der Waals surface area contributed by atoms with Crippen LogP contribution in [0.1, 0.15) is 12.8 Å². The third kappa shape index (κ3) is 8.69. The number of nitrogens with zero attached hydrogens (tertiary/aromatic N) is 3. The molecule has 2 heterocycles. The Kier molecular flexibility index (Phi) is 10.6. The number of halogens is 2. The second-order valence-electron chi connectivity index (χ2n) is 9.83. The molecule has 13 heteroatoms. The number of hydrogen-bond donors (Lipinski definition) is 3. The molecule has 10 nitrogen and oxygen atoms in total. The largest absolute Gasteiger partial charge is 0.493 e. The van der Waals surface area contributed by atoms with Crippen molar-refractivity contribution in [2.75, 3.05) is 36.8 Å². The normalized spacial score (nSPS) is 13.8. The average molecular weight is 612 g/mol. The number of carbonyl (C=O) groups is 1. The number of carboxylic acid groups (broad SMARTS) is 1. The number of anilines is 3. The van der Waals surface area contributed by atoms with Gasteiger partial charge < -0.3 is 20.1 Å². The molecule has 43 heavy (non-hydrogen) atoms. The van der Waals surface area contributed by atoms with Gasteiger partial charge >= 0.3 is 0 Å². The van der Waals surface area contributed by atoms with Crippen LogP contribution in [-0.2, 0) is 14.8 Å². The van der Waals surface area contributed by atoms with Crippen molar-refractivity contribution in [3.05, 3.63) is 90.8 Å². The van der Waals surface area contributed by atoms with E-state index in [1.165, 1.54) is 18.5 Å². The van der Waals surface area contributed by atoms with E-state index in [2.05, 4.69) is 32.0 Å². The summed E-state index contributed by atoms with van der Waals surface area (Å²) in [7, 11) is -2.30. The van der Waals surface area contributed by atoms with E-state index in [9.17, 15) is 17.2 Å². The molecular weight excluding hydrogens is 580 g/mol. The molecule has 0 atom stereocenters. The van der Waals surface area contributed by atoms with Crippen molar-refractivity contribution in [1.29, 1.82) is 0 Å². The van der Waals surface area contributed by atoms with E-state index in [0.717, 1.165) is 67.7 Å². The lowest BCUT2D eigenvalue weighted by atomic mass is 9.98. The maximum absolute atomic E-state index is 14.0. The first kappa shape index (κ1) is 31.3. The number of hydrogen-bond acceptors (Lipinski definition) is 8. The van der Waals surface area contributed by atoms with Crippen LogP contribution in [0.5, 0.6) is 5.75 Å². The smallest absolute Gasteiger partial charge is 0.290 e. The van der Waals surface area contributed by atoms with Gasteiger partial charge in [0.15, 0.2) is 4.90 Å². The van der Waals surface area contributed by atoms with Crippen LogP contribution in [0.25, 0.3) is 11.3 Å². The van der Waals surface area contributed by atoms with Gasteiger partial charge in [0.05, 0.1) is 12.3 Å². The van der Waals surface area contributed by atoms with E-state index >= 15 is 0 Å². The van der Waals surface area contributed by atoms with Gasteiger partial charge in [0.2, 0.25) is 0 Å². The van der Waals surface area contributed by atoms with Gasteiger partial charge in [-0.2, -0.15) is 0 Å². The van der Waals surface area contributed by atoms with Crippen LogP contribution in [-0.4, -0.2) is 61.6 Å². The number of aromatic nitrogens is 2. The second-order valence-corrected chi connectivity index (χ2v) is 11.5. The summed E-state index contributed by atoms with van der Waals surface area (Å²) in [6, 6.07) is 18.7. The van der Waals surface area contributed by atoms with Crippen LogP contribution in [0.15, 0.2) is 84.0 Å². The minimum absolute atomic E-state index is 0.148. The van der Waals surface area contributed by atoms with E-state index in [-0.39, 0.29) is 12.2 Å². The molecule has 0 amide bonds. The predicted octanol–water partition coefficient (Wildman–Crippen LogP) is 5.39. The van der Waals surface area contributed by atoms with Gasteiger partial charge in [0.1, 0.15) is 29.5 Å². The van der Waals surface area contributed by atoms with Crippen molar-refractivity contribution in [1.82, 2.24) is 14.9 Å². The van der Waals surface area contributed by atoms with Gasteiger partial charge in [-0.05, 0) is 99.6 Å². The van der Waals surface area contributed by atoms with E-state index in [1.54, 1.807) is 18.2 Å². The van der Waals surface area contributed by atoms with Crippen molar-refractivity contribution in [2.24, 2.45) is 5.92 Å². The highest BCUT2D eigenvalue weighted by Crippen LogP contribution is 2.26. The second kappa shape index (κ2) is 14.5. The molecule has 226 valence electrons. The maximum atomic E-state index is 14.0. The highest BCUT2D eigenvalue weighted by atomic mass is 32.2. The Labute approximate surface area is 248 Å². The maximum Gasteiger partial charge on any atom is 0.290 e. The zero-order chi connectivity index (χ0) is 30.8. The van der Waals surface area contributed by atoms with Crippen LogP contribution >= 0.6 is 0 Å². The predicted molar refractivity (Wildman–Crippen MR) is 159 cm³/mol. The number of rotatable bonds is 9.